The van der Waals surface area contributed by atoms with Crippen LogP contribution < -0.4 is 4.74 Å². The molecular weight excluding hydrogens is 598 g/mol. The van der Waals surface area contributed by atoms with Gasteiger partial charge in [-0.25, -0.2) is 0 Å². The Bertz CT molecular complexity index is 1750. The van der Waals surface area contributed by atoms with E-state index in [0.717, 1.165) is 25.1 Å². The van der Waals surface area contributed by atoms with Gasteiger partial charge in [0.2, 0.25) is 0 Å². The van der Waals surface area contributed by atoms with Crippen LogP contribution in [0, 0.1) is 0 Å². The number of aliphatic carboxylic acids is 2. The minimum atomic E-state index is -4.84. The summed E-state index contributed by atoms with van der Waals surface area (Å²) in [5.74, 6) is -2.34. The van der Waals surface area contributed by atoms with Gasteiger partial charge in [-0.15, -0.1) is 47.2 Å². The van der Waals surface area contributed by atoms with Crippen molar-refractivity contribution in [3.8, 4) is 51.9 Å². The Morgan fingerprint density at radius 2 is 1.20 bits per heavy atom. The maximum absolute atomic E-state index is 12.7. The van der Waals surface area contributed by atoms with Crippen molar-refractivity contribution in [2.24, 2.45) is 0 Å². The van der Waals surface area contributed by atoms with Crippen LogP contribution in [0.1, 0.15) is 11.1 Å². The zero-order valence-corrected chi connectivity index (χ0v) is 23.2. The molecule has 5 aromatic rings. The average molecular weight is 617 g/mol. The van der Waals surface area contributed by atoms with Crippen LogP contribution in [0.3, 0.4) is 0 Å². The predicted octanol–water partition coefficient (Wildman–Crippen LogP) is 8.40. The van der Waals surface area contributed by atoms with E-state index in [4.69, 9.17) is 0 Å². The van der Waals surface area contributed by atoms with E-state index in [1.54, 1.807) is 36.4 Å². The smallest absolute Gasteiger partial charge is 0.508 e. The normalized spacial score (nSPS) is 11.5. The summed E-state index contributed by atoms with van der Waals surface area (Å²) < 4.78 is 42.3. The molecule has 5 rings (SSSR count). The molecule has 0 atom stereocenters. The van der Waals surface area contributed by atoms with Crippen LogP contribution in [0.5, 0.6) is 11.5 Å². The van der Waals surface area contributed by atoms with E-state index in [1.165, 1.54) is 52.2 Å². The van der Waals surface area contributed by atoms with Crippen LogP contribution in [-0.4, -0.2) is 33.6 Å². The number of phenolic OH excluding ortho intramolecular Hbond substituents is 1. The quantitative estimate of drug-likeness (QED) is 0.154. The molecule has 0 unspecified atom stereocenters. The lowest BCUT2D eigenvalue weighted by Crippen LogP contribution is -2.17. The number of hydrogen-bond donors (Lipinski definition) is 3. The maximum atomic E-state index is 12.7. The van der Waals surface area contributed by atoms with Gasteiger partial charge in [0.25, 0.3) is 0 Å². The largest absolute Gasteiger partial charge is 0.573 e. The molecule has 0 bridgehead atoms. The van der Waals surface area contributed by atoms with Crippen molar-refractivity contribution in [3.05, 3.63) is 83.9 Å². The topological polar surface area (TPSA) is 104 Å². The monoisotopic (exact) mass is 616 g/mol. The highest BCUT2D eigenvalue weighted by atomic mass is 32.1. The van der Waals surface area contributed by atoms with Crippen LogP contribution in [0.15, 0.2) is 72.8 Å². The lowest BCUT2D eigenvalue weighted by molar-refractivity contribution is -0.274. The summed E-state index contributed by atoms with van der Waals surface area (Å²) in [5.41, 5.74) is 2.30. The number of alkyl halides is 3. The molecule has 2 aromatic carbocycles. The molecule has 3 aromatic heterocycles. The first-order chi connectivity index (χ1) is 19.4. The molecule has 12 heteroatoms. The minimum absolute atomic E-state index is 0.0885. The summed E-state index contributed by atoms with van der Waals surface area (Å²) in [6.45, 7) is 0. The molecule has 210 valence electrons. The van der Waals surface area contributed by atoms with Crippen molar-refractivity contribution in [2.75, 3.05) is 0 Å². The third kappa shape index (κ3) is 6.79. The number of phenols is 1. The van der Waals surface area contributed by atoms with Crippen molar-refractivity contribution in [1.29, 1.82) is 0 Å². The first kappa shape index (κ1) is 28.4. The number of aromatic hydroxyl groups is 1. The first-order valence-electron chi connectivity index (χ1n) is 11.9. The van der Waals surface area contributed by atoms with Crippen molar-refractivity contribution >= 4 is 45.9 Å². The lowest BCUT2D eigenvalue weighted by atomic mass is 10.1. The van der Waals surface area contributed by atoms with Crippen LogP contribution in [0.4, 0.5) is 13.2 Å². The second kappa shape index (κ2) is 11.4. The van der Waals surface area contributed by atoms with E-state index in [1.807, 2.05) is 18.2 Å². The predicted molar refractivity (Wildman–Crippen MR) is 153 cm³/mol. The Labute approximate surface area is 243 Å². The number of benzene rings is 2. The Morgan fingerprint density at radius 1 is 0.683 bits per heavy atom. The van der Waals surface area contributed by atoms with Gasteiger partial charge < -0.3 is 20.1 Å². The van der Waals surface area contributed by atoms with Gasteiger partial charge in [0.15, 0.2) is 0 Å². The van der Waals surface area contributed by atoms with Gasteiger partial charge in [-0.2, -0.15) is 0 Å². The standard InChI is InChI=1S/C29H19F3O6S3/c30-29(31,32)38-20-6-2-4-16(10-20)24-12-18(14-26(36)37)28(41-24)22-8-7-21(39-22)27-17(13-25(34)35)11-23(40-27)15-3-1-5-19(33)9-15/h1-12,33H,13-14H2,(H,34,35)(H,36,37). The molecule has 0 saturated carbocycles. The van der Waals surface area contributed by atoms with Gasteiger partial charge >= 0.3 is 18.3 Å². The zero-order valence-electron chi connectivity index (χ0n) is 20.8. The number of thiophene rings is 3. The number of carbonyl (C=O) groups is 2. The molecule has 3 heterocycles. The molecule has 0 aliphatic rings. The van der Waals surface area contributed by atoms with Crippen molar-refractivity contribution in [1.82, 2.24) is 0 Å². The third-order valence-corrected chi connectivity index (χ3v) is 9.74. The van der Waals surface area contributed by atoms with Gasteiger partial charge in [-0.3, -0.25) is 9.59 Å². The summed E-state index contributed by atoms with van der Waals surface area (Å²) in [6, 6.07) is 19.3. The summed E-state index contributed by atoms with van der Waals surface area (Å²) in [5, 5.41) is 28.9. The molecule has 3 N–H and O–H groups in total. The van der Waals surface area contributed by atoms with Crippen molar-refractivity contribution in [2.45, 2.75) is 19.2 Å². The molecule has 0 spiro atoms. The summed E-state index contributed by atoms with van der Waals surface area (Å²) in [4.78, 5) is 27.5. The summed E-state index contributed by atoms with van der Waals surface area (Å²) >= 11 is 4.01. The van der Waals surface area contributed by atoms with Gasteiger partial charge in [-0.05, 0) is 70.8 Å². The summed E-state index contributed by atoms with van der Waals surface area (Å²) in [7, 11) is 0. The summed E-state index contributed by atoms with van der Waals surface area (Å²) in [6.07, 6.45) is -5.34. The number of carboxylic acids is 2. The highest BCUT2D eigenvalue weighted by molar-refractivity contribution is 7.28. The van der Waals surface area contributed by atoms with E-state index in [2.05, 4.69) is 4.74 Å². The van der Waals surface area contributed by atoms with E-state index >= 15 is 0 Å². The maximum Gasteiger partial charge on any atom is 0.573 e. The SMILES string of the molecule is O=C(O)Cc1cc(-c2cccc(O)c2)sc1-c1ccc(-c2sc(-c3cccc(OC(F)(F)F)c3)cc2CC(=O)O)s1. The fourth-order valence-corrected chi connectivity index (χ4v) is 7.89. The number of hydrogen-bond acceptors (Lipinski definition) is 7. The molecule has 0 saturated heterocycles. The van der Waals surface area contributed by atoms with Crippen LogP contribution in [-0.2, 0) is 22.4 Å². The fraction of sp³-hybridized carbons (Fsp3) is 0.103. The van der Waals surface area contributed by atoms with Gasteiger partial charge in [0.1, 0.15) is 11.5 Å². The lowest BCUT2D eigenvalue weighted by Gasteiger charge is -2.09. The molecular formula is C29H19F3O6S3. The molecule has 0 amide bonds. The Kier molecular flexibility index (Phi) is 7.89. The highest BCUT2D eigenvalue weighted by Gasteiger charge is 2.31. The van der Waals surface area contributed by atoms with E-state index < -0.39 is 18.3 Å². The second-order valence-corrected chi connectivity index (χ2v) is 12.0. The van der Waals surface area contributed by atoms with Crippen molar-refractivity contribution < 1.29 is 42.8 Å². The number of ether oxygens (including phenoxy) is 1. The third-order valence-electron chi connectivity index (χ3n) is 5.84. The van der Waals surface area contributed by atoms with Gasteiger partial charge in [-0.1, -0.05) is 24.3 Å². The van der Waals surface area contributed by atoms with Gasteiger partial charge in [0.05, 0.1) is 12.8 Å². The highest BCUT2D eigenvalue weighted by Crippen LogP contribution is 2.47. The van der Waals surface area contributed by atoms with E-state index in [9.17, 15) is 38.1 Å². The fourth-order valence-electron chi connectivity index (χ4n) is 4.24. The minimum Gasteiger partial charge on any atom is -0.508 e. The molecule has 0 aliphatic carbocycles. The molecule has 0 fully saturated rings. The van der Waals surface area contributed by atoms with E-state index in [-0.39, 0.29) is 24.3 Å². The van der Waals surface area contributed by atoms with Crippen LogP contribution >= 0.6 is 34.0 Å². The number of halogens is 3. The molecule has 6 nitrogen and oxygen atoms in total. The first-order valence-corrected chi connectivity index (χ1v) is 14.4. The Morgan fingerprint density at radius 3 is 1.68 bits per heavy atom. The second-order valence-electron chi connectivity index (χ2n) is 8.86. The van der Waals surface area contributed by atoms with Crippen molar-refractivity contribution in [3.63, 3.8) is 0 Å². The molecule has 41 heavy (non-hydrogen) atoms. The molecule has 0 aliphatic heterocycles. The van der Waals surface area contributed by atoms with E-state index in [0.29, 0.717) is 26.4 Å². The Hall–Kier alpha value is -4.13. The zero-order chi connectivity index (χ0) is 29.3. The number of rotatable bonds is 9. The molecule has 0 radical (unpaired) electrons. The Balaban J connectivity index is 1.54. The van der Waals surface area contributed by atoms with Crippen LogP contribution in [0.2, 0.25) is 0 Å². The number of carboxylic acid groups (broad SMARTS) is 2. The van der Waals surface area contributed by atoms with Gasteiger partial charge in [0, 0.05) is 29.3 Å². The average Bonchev–Trinajstić information content (AvgIpc) is 3.61. The van der Waals surface area contributed by atoms with Crippen LogP contribution in [0.25, 0.3) is 40.4 Å².